The molecule has 5 nitrogen and oxygen atoms in total. The van der Waals surface area contributed by atoms with Crippen molar-refractivity contribution in [3.05, 3.63) is 41.9 Å². The molecule has 1 atom stereocenters. The second-order valence-electron chi connectivity index (χ2n) is 7.59. The van der Waals surface area contributed by atoms with Gasteiger partial charge in [-0.3, -0.25) is 0 Å². The molecule has 1 aromatic heterocycles. The van der Waals surface area contributed by atoms with E-state index in [0.29, 0.717) is 6.61 Å². The Labute approximate surface area is 157 Å². The van der Waals surface area contributed by atoms with Gasteiger partial charge < -0.3 is 14.4 Å². The number of aromatic carboxylic acids is 1. The van der Waals surface area contributed by atoms with Crippen LogP contribution in [-0.2, 0) is 11.2 Å². The van der Waals surface area contributed by atoms with Crippen LogP contribution in [0.15, 0.2) is 30.5 Å². The van der Waals surface area contributed by atoms with E-state index in [2.05, 4.69) is 36.1 Å². The minimum atomic E-state index is -1.70. The molecular formula is C20H30N2O3Si. The van der Waals surface area contributed by atoms with Crippen LogP contribution >= 0.6 is 0 Å². The lowest BCUT2D eigenvalue weighted by atomic mass is 10.1. The minimum absolute atomic E-state index is 0.0367. The molecule has 0 aliphatic carbocycles. The molecule has 1 unspecified atom stereocenters. The van der Waals surface area contributed by atoms with Crippen LogP contribution in [0.3, 0.4) is 0 Å². The highest BCUT2D eigenvalue weighted by molar-refractivity contribution is 6.76. The van der Waals surface area contributed by atoms with Crippen molar-refractivity contribution in [3.63, 3.8) is 0 Å². The molecule has 0 saturated heterocycles. The first kappa shape index (κ1) is 20.4. The smallest absolute Gasteiger partial charge is 0.335 e. The van der Waals surface area contributed by atoms with Crippen molar-refractivity contribution in [3.8, 4) is 11.3 Å². The maximum atomic E-state index is 11.4. The Bertz CT molecular complexity index is 750. The molecular weight excluding hydrogens is 344 g/mol. The van der Waals surface area contributed by atoms with Crippen LogP contribution in [0.4, 0.5) is 0 Å². The van der Waals surface area contributed by atoms with Crippen molar-refractivity contribution in [2.75, 3.05) is 6.61 Å². The first-order chi connectivity index (χ1) is 12.3. The van der Waals surface area contributed by atoms with Gasteiger partial charge in [-0.15, -0.1) is 0 Å². The Balaban J connectivity index is 2.61. The summed E-state index contributed by atoms with van der Waals surface area (Å²) in [6.07, 6.45) is 4.92. The summed E-state index contributed by atoms with van der Waals surface area (Å²) in [6, 6.07) is 7.05. The molecule has 6 heteroatoms. The summed E-state index contributed by atoms with van der Waals surface area (Å²) in [5.41, 5.74) is 2.08. The zero-order valence-electron chi connectivity index (χ0n) is 16.5. The van der Waals surface area contributed by atoms with Gasteiger partial charge in [0.1, 0.15) is 19.7 Å². The average Bonchev–Trinajstić information content (AvgIpc) is 3.00. The first-order valence-electron chi connectivity index (χ1n) is 9.31. The van der Waals surface area contributed by atoms with Gasteiger partial charge in [-0.1, -0.05) is 45.1 Å². The summed E-state index contributed by atoms with van der Waals surface area (Å²) in [5, 5.41) is 9.33. The van der Waals surface area contributed by atoms with Crippen LogP contribution in [0.25, 0.3) is 11.3 Å². The van der Waals surface area contributed by atoms with Gasteiger partial charge in [0, 0.05) is 18.6 Å². The van der Waals surface area contributed by atoms with Gasteiger partial charge >= 0.3 is 5.97 Å². The lowest BCUT2D eigenvalue weighted by Gasteiger charge is -2.32. The number of benzene rings is 1. The predicted octanol–water partition coefficient (Wildman–Crippen LogP) is 5.00. The molecule has 1 N–H and O–H groups in total. The Morgan fingerprint density at radius 3 is 2.62 bits per heavy atom. The second-order valence-corrected chi connectivity index (χ2v) is 12.8. The highest BCUT2D eigenvalue weighted by atomic mass is 28.3. The van der Waals surface area contributed by atoms with Crippen molar-refractivity contribution >= 4 is 14.0 Å². The minimum Gasteiger partial charge on any atom is -0.478 e. The van der Waals surface area contributed by atoms with Crippen molar-refractivity contribution in [1.29, 1.82) is 0 Å². The molecule has 0 fully saturated rings. The maximum absolute atomic E-state index is 11.4. The lowest BCUT2D eigenvalue weighted by Crippen LogP contribution is -2.38. The van der Waals surface area contributed by atoms with E-state index in [0.717, 1.165) is 36.3 Å². The van der Waals surface area contributed by atoms with Crippen molar-refractivity contribution < 1.29 is 14.6 Å². The SMILES string of the molecule is CCCCc1ncc(-c2cccc(C(=O)O)c2)n1C(OCC)[Si](C)(C)C. The summed E-state index contributed by atoms with van der Waals surface area (Å²) in [6.45, 7) is 11.7. The van der Waals surface area contributed by atoms with Crippen molar-refractivity contribution in [1.82, 2.24) is 9.55 Å². The molecule has 1 heterocycles. The third-order valence-electron chi connectivity index (χ3n) is 4.33. The average molecular weight is 375 g/mol. The molecule has 142 valence electrons. The number of ether oxygens (including phenoxy) is 1. The van der Waals surface area contributed by atoms with Gasteiger partial charge in [0.25, 0.3) is 0 Å². The zero-order chi connectivity index (χ0) is 19.3. The largest absolute Gasteiger partial charge is 0.478 e. The number of aryl methyl sites for hydroxylation is 1. The molecule has 2 aromatic rings. The number of carboxylic acid groups (broad SMARTS) is 1. The van der Waals surface area contributed by atoms with Crippen LogP contribution < -0.4 is 0 Å². The third kappa shape index (κ3) is 4.62. The first-order valence-corrected chi connectivity index (χ1v) is 12.9. The molecule has 2 rings (SSSR count). The number of unbranched alkanes of at least 4 members (excludes halogenated alkanes) is 1. The van der Waals surface area contributed by atoms with Crippen molar-refractivity contribution in [2.24, 2.45) is 0 Å². The topological polar surface area (TPSA) is 64.3 Å². The molecule has 0 amide bonds. The number of carboxylic acids is 1. The van der Waals surface area contributed by atoms with E-state index in [9.17, 15) is 9.90 Å². The molecule has 0 bridgehead atoms. The Hall–Kier alpha value is -1.92. The number of nitrogens with zero attached hydrogens (tertiary/aromatic N) is 2. The Kier molecular flexibility index (Phi) is 6.78. The fourth-order valence-electron chi connectivity index (χ4n) is 3.08. The fourth-order valence-corrected chi connectivity index (χ4v) is 4.80. The highest BCUT2D eigenvalue weighted by Crippen LogP contribution is 2.32. The van der Waals surface area contributed by atoms with Gasteiger partial charge in [0.05, 0.1) is 17.5 Å². The molecule has 26 heavy (non-hydrogen) atoms. The Morgan fingerprint density at radius 1 is 1.31 bits per heavy atom. The number of carbonyl (C=O) groups is 1. The van der Waals surface area contributed by atoms with Gasteiger partial charge in [0.15, 0.2) is 0 Å². The van der Waals surface area contributed by atoms with Crippen LogP contribution in [0, 0.1) is 0 Å². The van der Waals surface area contributed by atoms with E-state index in [4.69, 9.17) is 4.74 Å². The van der Waals surface area contributed by atoms with Gasteiger partial charge in [-0.05, 0) is 25.5 Å². The Morgan fingerprint density at radius 2 is 2.04 bits per heavy atom. The molecule has 1 aromatic carbocycles. The van der Waals surface area contributed by atoms with Crippen LogP contribution in [0.2, 0.25) is 19.6 Å². The molecule has 0 aliphatic heterocycles. The summed E-state index contributed by atoms with van der Waals surface area (Å²) >= 11 is 0. The fraction of sp³-hybridized carbons (Fsp3) is 0.500. The second kappa shape index (κ2) is 8.64. The van der Waals surface area contributed by atoms with Gasteiger partial charge in [0.2, 0.25) is 0 Å². The van der Waals surface area contributed by atoms with E-state index < -0.39 is 14.0 Å². The molecule has 0 aliphatic rings. The van der Waals surface area contributed by atoms with E-state index in [-0.39, 0.29) is 11.4 Å². The van der Waals surface area contributed by atoms with Crippen molar-refractivity contribution in [2.45, 2.75) is 58.6 Å². The lowest BCUT2D eigenvalue weighted by molar-refractivity contribution is 0.0627. The van der Waals surface area contributed by atoms with Crippen LogP contribution in [0.5, 0.6) is 0 Å². The zero-order valence-corrected chi connectivity index (χ0v) is 17.5. The van der Waals surface area contributed by atoms with E-state index >= 15 is 0 Å². The van der Waals surface area contributed by atoms with E-state index in [1.54, 1.807) is 18.2 Å². The van der Waals surface area contributed by atoms with Crippen LogP contribution in [-0.4, -0.2) is 35.3 Å². The number of imidazole rings is 1. The number of rotatable bonds is 9. The quantitative estimate of drug-likeness (QED) is 0.627. The summed E-state index contributed by atoms with van der Waals surface area (Å²) in [5.74, 6) is 0.0597. The monoisotopic (exact) mass is 374 g/mol. The highest BCUT2D eigenvalue weighted by Gasteiger charge is 2.32. The molecule has 0 saturated carbocycles. The molecule has 0 spiro atoms. The number of hydrogen-bond donors (Lipinski definition) is 1. The van der Waals surface area contributed by atoms with E-state index in [1.165, 1.54) is 0 Å². The van der Waals surface area contributed by atoms with Gasteiger partial charge in [-0.25, -0.2) is 9.78 Å². The van der Waals surface area contributed by atoms with Gasteiger partial charge in [-0.2, -0.15) is 0 Å². The standard InChI is InChI=1S/C20H30N2O3Si/c1-6-8-12-18-21-14-17(15-10-9-11-16(13-15)19(23)24)22(18)20(25-7-2)26(3,4)5/h9-11,13-14,20H,6-8,12H2,1-5H3,(H,23,24). The third-order valence-corrected chi connectivity index (χ3v) is 6.24. The number of aromatic nitrogens is 2. The number of hydrogen-bond acceptors (Lipinski definition) is 3. The van der Waals surface area contributed by atoms with E-state index in [1.807, 2.05) is 19.2 Å². The summed E-state index contributed by atoms with van der Waals surface area (Å²) < 4.78 is 8.39. The predicted molar refractivity (Wildman–Crippen MR) is 107 cm³/mol. The summed E-state index contributed by atoms with van der Waals surface area (Å²) in [7, 11) is -1.70. The van der Waals surface area contributed by atoms with Crippen LogP contribution in [0.1, 0.15) is 48.7 Å². The maximum Gasteiger partial charge on any atom is 0.335 e. The normalized spacial score (nSPS) is 13.0. The summed E-state index contributed by atoms with van der Waals surface area (Å²) in [4.78, 5) is 16.1. The molecule has 0 radical (unpaired) electrons.